The monoisotopic (exact) mass is 203 g/mol. The van der Waals surface area contributed by atoms with Crippen LogP contribution < -0.4 is 4.90 Å². The van der Waals surface area contributed by atoms with Gasteiger partial charge in [-0.05, 0) is 19.1 Å². The summed E-state index contributed by atoms with van der Waals surface area (Å²) in [6.45, 7) is 2.71. The van der Waals surface area contributed by atoms with E-state index in [1.807, 2.05) is 23.1 Å². The van der Waals surface area contributed by atoms with E-state index in [2.05, 4.69) is 0 Å². The molecule has 3 nitrogen and oxygen atoms in total. The summed E-state index contributed by atoms with van der Waals surface area (Å²) in [7, 11) is 0. The fraction of sp³-hybridized carbons (Fsp3) is 0.333. The van der Waals surface area contributed by atoms with E-state index in [1.165, 1.54) is 0 Å². The summed E-state index contributed by atoms with van der Waals surface area (Å²) < 4.78 is 0. The Hall–Kier alpha value is -1.64. The molecule has 0 aliphatic carbocycles. The number of benzene rings is 1. The van der Waals surface area contributed by atoms with Crippen LogP contribution in [-0.4, -0.2) is 24.7 Å². The van der Waals surface area contributed by atoms with E-state index in [0.29, 0.717) is 18.5 Å². The van der Waals surface area contributed by atoms with Crippen LogP contribution in [0.3, 0.4) is 0 Å². The molecule has 0 aromatic heterocycles. The Bertz CT molecular complexity index is 412. The Kier molecular flexibility index (Phi) is 2.54. The van der Waals surface area contributed by atoms with Crippen molar-refractivity contribution >= 4 is 17.3 Å². The quantitative estimate of drug-likeness (QED) is 0.686. The molecule has 1 fully saturated rings. The summed E-state index contributed by atoms with van der Waals surface area (Å²) in [5.41, 5.74) is 1.59. The highest BCUT2D eigenvalue weighted by Gasteiger charge is 2.22. The zero-order valence-electron chi connectivity index (χ0n) is 8.69. The highest BCUT2D eigenvalue weighted by atomic mass is 16.1. The van der Waals surface area contributed by atoms with E-state index >= 15 is 0 Å². The van der Waals surface area contributed by atoms with Crippen molar-refractivity contribution in [1.29, 1.82) is 0 Å². The van der Waals surface area contributed by atoms with Crippen LogP contribution in [-0.2, 0) is 4.79 Å². The number of hydrogen-bond donors (Lipinski definition) is 0. The number of carbonyl (C=O) groups is 2. The molecule has 3 heteroatoms. The lowest BCUT2D eigenvalue weighted by Crippen LogP contribution is -2.21. The molecule has 0 radical (unpaired) electrons. The van der Waals surface area contributed by atoms with Gasteiger partial charge in [0.05, 0.1) is 6.54 Å². The minimum atomic E-state index is 0.0462. The van der Waals surface area contributed by atoms with Crippen molar-refractivity contribution in [2.24, 2.45) is 0 Å². The molecule has 1 aromatic carbocycles. The summed E-state index contributed by atoms with van der Waals surface area (Å²) in [6, 6.07) is 7.44. The van der Waals surface area contributed by atoms with E-state index in [4.69, 9.17) is 0 Å². The molecule has 1 aliphatic heterocycles. The van der Waals surface area contributed by atoms with Crippen LogP contribution in [0.15, 0.2) is 24.3 Å². The second-order valence-electron chi connectivity index (χ2n) is 3.78. The van der Waals surface area contributed by atoms with Crippen LogP contribution in [0.25, 0.3) is 0 Å². The number of para-hydroxylation sites is 1. The van der Waals surface area contributed by atoms with E-state index in [9.17, 15) is 9.59 Å². The van der Waals surface area contributed by atoms with Crippen LogP contribution in [0.2, 0.25) is 0 Å². The molecule has 0 unspecified atom stereocenters. The van der Waals surface area contributed by atoms with E-state index in [0.717, 1.165) is 12.2 Å². The lowest BCUT2D eigenvalue weighted by atomic mass is 10.1. The van der Waals surface area contributed by atoms with Gasteiger partial charge in [-0.3, -0.25) is 9.59 Å². The third-order valence-electron chi connectivity index (χ3n) is 2.65. The summed E-state index contributed by atoms with van der Waals surface area (Å²) in [4.78, 5) is 24.5. The van der Waals surface area contributed by atoms with Gasteiger partial charge in [-0.2, -0.15) is 0 Å². The van der Waals surface area contributed by atoms with E-state index in [1.54, 1.807) is 13.0 Å². The van der Waals surface area contributed by atoms with Crippen molar-refractivity contribution in [3.8, 4) is 0 Å². The van der Waals surface area contributed by atoms with Crippen LogP contribution in [0.4, 0.5) is 5.69 Å². The van der Waals surface area contributed by atoms with Gasteiger partial charge in [0.1, 0.15) is 0 Å². The molecule has 0 atom stereocenters. The lowest BCUT2D eigenvalue weighted by molar-refractivity contribution is -0.116. The van der Waals surface area contributed by atoms with Crippen LogP contribution >= 0.6 is 0 Å². The highest BCUT2D eigenvalue weighted by molar-refractivity contribution is 6.01. The van der Waals surface area contributed by atoms with Gasteiger partial charge in [0.25, 0.3) is 0 Å². The number of Topliss-reactive ketones (excluding diaryl/α,β-unsaturated/α-hetero) is 2. The normalized spacial score (nSPS) is 15.8. The number of rotatable bonds is 2. The van der Waals surface area contributed by atoms with Gasteiger partial charge in [0, 0.05) is 24.2 Å². The molecule has 0 spiro atoms. The molecule has 0 amide bonds. The topological polar surface area (TPSA) is 37.4 Å². The number of hydrogen-bond acceptors (Lipinski definition) is 3. The van der Waals surface area contributed by atoms with Gasteiger partial charge in [-0.15, -0.1) is 0 Å². The van der Waals surface area contributed by atoms with Gasteiger partial charge in [-0.25, -0.2) is 0 Å². The number of nitrogens with zero attached hydrogens (tertiary/aromatic N) is 1. The standard InChI is InChI=1S/C12H13NO2/c1-9(14)11-4-2-3-5-12(11)13-7-6-10(15)8-13/h2-5H,6-8H2,1H3. The van der Waals surface area contributed by atoms with Gasteiger partial charge in [0.2, 0.25) is 0 Å². The summed E-state index contributed by atoms with van der Waals surface area (Å²) in [5.74, 6) is 0.290. The van der Waals surface area contributed by atoms with Crippen LogP contribution in [0, 0.1) is 0 Å². The minimum Gasteiger partial charge on any atom is -0.363 e. The SMILES string of the molecule is CC(=O)c1ccccc1N1CCC(=O)C1. The average molecular weight is 203 g/mol. The second-order valence-corrected chi connectivity index (χ2v) is 3.78. The molecular weight excluding hydrogens is 190 g/mol. The number of ketones is 2. The molecule has 1 aliphatic rings. The maximum atomic E-state index is 11.4. The van der Waals surface area contributed by atoms with E-state index in [-0.39, 0.29) is 11.6 Å². The fourth-order valence-electron chi connectivity index (χ4n) is 1.88. The van der Waals surface area contributed by atoms with E-state index < -0.39 is 0 Å². The Morgan fingerprint density at radius 3 is 2.67 bits per heavy atom. The molecule has 0 saturated carbocycles. The smallest absolute Gasteiger partial charge is 0.161 e. The molecule has 0 N–H and O–H groups in total. The van der Waals surface area contributed by atoms with Gasteiger partial charge in [0.15, 0.2) is 11.6 Å². The zero-order chi connectivity index (χ0) is 10.8. The van der Waals surface area contributed by atoms with Crippen molar-refractivity contribution < 1.29 is 9.59 Å². The lowest BCUT2D eigenvalue weighted by Gasteiger charge is -2.19. The summed E-state index contributed by atoms with van der Waals surface area (Å²) in [5, 5.41) is 0. The molecule has 2 rings (SSSR count). The van der Waals surface area contributed by atoms with Crippen LogP contribution in [0.1, 0.15) is 23.7 Å². The van der Waals surface area contributed by atoms with Crippen LogP contribution in [0.5, 0.6) is 0 Å². The molecule has 0 bridgehead atoms. The molecular formula is C12H13NO2. The maximum Gasteiger partial charge on any atom is 0.161 e. The third-order valence-corrected chi connectivity index (χ3v) is 2.65. The summed E-state index contributed by atoms with van der Waals surface area (Å²) >= 11 is 0. The highest BCUT2D eigenvalue weighted by Crippen LogP contribution is 2.23. The third kappa shape index (κ3) is 1.91. The number of anilines is 1. The minimum absolute atomic E-state index is 0.0462. The van der Waals surface area contributed by atoms with Gasteiger partial charge in [-0.1, -0.05) is 12.1 Å². The largest absolute Gasteiger partial charge is 0.363 e. The van der Waals surface area contributed by atoms with Gasteiger partial charge >= 0.3 is 0 Å². The molecule has 15 heavy (non-hydrogen) atoms. The molecule has 1 saturated heterocycles. The van der Waals surface area contributed by atoms with Crippen molar-refractivity contribution in [3.05, 3.63) is 29.8 Å². The van der Waals surface area contributed by atoms with Gasteiger partial charge < -0.3 is 4.90 Å². The predicted octanol–water partition coefficient (Wildman–Crippen LogP) is 1.67. The first-order valence-electron chi connectivity index (χ1n) is 5.05. The Labute approximate surface area is 88.7 Å². The predicted molar refractivity (Wildman–Crippen MR) is 58.3 cm³/mol. The Morgan fingerprint density at radius 2 is 2.07 bits per heavy atom. The first-order valence-corrected chi connectivity index (χ1v) is 5.05. The summed E-state index contributed by atoms with van der Waals surface area (Å²) in [6.07, 6.45) is 0.590. The fourth-order valence-corrected chi connectivity index (χ4v) is 1.88. The van der Waals surface area contributed by atoms with Crippen molar-refractivity contribution in [2.45, 2.75) is 13.3 Å². The van der Waals surface area contributed by atoms with Crippen molar-refractivity contribution in [3.63, 3.8) is 0 Å². The average Bonchev–Trinajstić information content (AvgIpc) is 2.65. The first kappa shape index (κ1) is 9.90. The molecule has 1 aromatic rings. The molecule has 78 valence electrons. The molecule has 1 heterocycles. The Morgan fingerprint density at radius 1 is 1.33 bits per heavy atom. The maximum absolute atomic E-state index is 11.4. The zero-order valence-corrected chi connectivity index (χ0v) is 8.69. The van der Waals surface area contributed by atoms with Crippen molar-refractivity contribution in [2.75, 3.05) is 18.0 Å². The van der Waals surface area contributed by atoms with Crippen molar-refractivity contribution in [1.82, 2.24) is 0 Å². The Balaban J connectivity index is 2.35. The first-order chi connectivity index (χ1) is 7.18. The number of carbonyl (C=O) groups excluding carboxylic acids is 2. The second kappa shape index (κ2) is 3.85.